The maximum Gasteiger partial charge on any atom is 0.573 e. The van der Waals surface area contributed by atoms with Gasteiger partial charge >= 0.3 is 6.36 Å². The molecule has 0 bridgehead atoms. The number of rotatable bonds is 2. The summed E-state index contributed by atoms with van der Waals surface area (Å²) in [7, 11) is 0. The number of halogens is 4. The molecule has 0 saturated heterocycles. The summed E-state index contributed by atoms with van der Waals surface area (Å²) in [6.07, 6.45) is 0.379. The summed E-state index contributed by atoms with van der Waals surface area (Å²) in [5, 5.41) is 0. The third-order valence-corrected chi connectivity index (χ3v) is 2.81. The number of terminal acetylenes is 1. The van der Waals surface area contributed by atoms with Crippen molar-refractivity contribution in [3.8, 4) is 29.2 Å². The van der Waals surface area contributed by atoms with Crippen molar-refractivity contribution in [3.05, 3.63) is 53.3 Å². The van der Waals surface area contributed by atoms with E-state index >= 15 is 0 Å². The minimum Gasteiger partial charge on any atom is -0.406 e. The second-order valence-electron chi connectivity index (χ2n) is 4.37. The third kappa shape index (κ3) is 3.54. The number of benzene rings is 2. The topological polar surface area (TPSA) is 9.23 Å². The van der Waals surface area contributed by atoms with E-state index in [-0.39, 0.29) is 16.7 Å². The van der Waals surface area contributed by atoms with Crippen LogP contribution in [0, 0.1) is 25.1 Å². The first-order chi connectivity index (χ1) is 9.80. The summed E-state index contributed by atoms with van der Waals surface area (Å²) < 4.78 is 54.9. The monoisotopic (exact) mass is 294 g/mol. The lowest BCUT2D eigenvalue weighted by Gasteiger charge is -2.12. The molecule has 5 heteroatoms. The molecule has 0 atom stereocenters. The van der Waals surface area contributed by atoms with Gasteiger partial charge in [0.1, 0.15) is 11.6 Å². The fraction of sp³-hybridized carbons (Fsp3) is 0.125. The zero-order valence-corrected chi connectivity index (χ0v) is 11.0. The largest absolute Gasteiger partial charge is 0.573 e. The average molecular weight is 294 g/mol. The summed E-state index contributed by atoms with van der Waals surface area (Å²) in [5.74, 6) is 1.24. The molecule has 0 radical (unpaired) electrons. The maximum atomic E-state index is 14.1. The number of ether oxygens (including phenoxy) is 1. The molecule has 108 valence electrons. The van der Waals surface area contributed by atoms with Gasteiger partial charge < -0.3 is 4.74 Å². The maximum absolute atomic E-state index is 14.1. The summed E-state index contributed by atoms with van der Waals surface area (Å²) in [5.41, 5.74) is 0.953. The molecule has 21 heavy (non-hydrogen) atoms. The van der Waals surface area contributed by atoms with E-state index in [0.717, 1.165) is 12.1 Å². The van der Waals surface area contributed by atoms with Gasteiger partial charge in [-0.05, 0) is 36.2 Å². The Morgan fingerprint density at radius 2 is 1.86 bits per heavy atom. The van der Waals surface area contributed by atoms with Gasteiger partial charge in [-0.3, -0.25) is 0 Å². The second-order valence-corrected chi connectivity index (χ2v) is 4.37. The van der Waals surface area contributed by atoms with Crippen molar-refractivity contribution in [3.63, 3.8) is 0 Å². The van der Waals surface area contributed by atoms with E-state index in [0.29, 0.717) is 5.56 Å². The van der Waals surface area contributed by atoms with Gasteiger partial charge in [0.25, 0.3) is 0 Å². The molecular formula is C16H10F4O. The van der Waals surface area contributed by atoms with E-state index < -0.39 is 17.9 Å². The molecule has 0 heterocycles. The molecule has 0 unspecified atom stereocenters. The first-order valence-corrected chi connectivity index (χ1v) is 5.93. The summed E-state index contributed by atoms with van der Waals surface area (Å²) in [6.45, 7) is 1.57. The lowest BCUT2D eigenvalue weighted by Crippen LogP contribution is -2.17. The van der Waals surface area contributed by atoms with Crippen molar-refractivity contribution in [2.24, 2.45) is 0 Å². The van der Waals surface area contributed by atoms with Crippen LogP contribution < -0.4 is 4.74 Å². The third-order valence-electron chi connectivity index (χ3n) is 2.81. The highest BCUT2D eigenvalue weighted by atomic mass is 19.4. The minimum atomic E-state index is -4.84. The molecule has 0 aliphatic carbocycles. The lowest BCUT2D eigenvalue weighted by molar-refractivity contribution is -0.274. The molecule has 2 rings (SSSR count). The number of hydrogen-bond donors (Lipinski definition) is 0. The van der Waals surface area contributed by atoms with E-state index in [9.17, 15) is 17.6 Å². The number of aryl methyl sites for hydroxylation is 1. The summed E-state index contributed by atoms with van der Waals surface area (Å²) in [6, 6.07) is 8.25. The average Bonchev–Trinajstić information content (AvgIpc) is 2.39. The fourth-order valence-electron chi connectivity index (χ4n) is 1.90. The molecule has 0 saturated carbocycles. The summed E-state index contributed by atoms with van der Waals surface area (Å²) >= 11 is 0. The van der Waals surface area contributed by atoms with Crippen LogP contribution in [0.25, 0.3) is 11.1 Å². The number of hydrogen-bond acceptors (Lipinski definition) is 1. The highest BCUT2D eigenvalue weighted by Gasteiger charge is 2.31. The van der Waals surface area contributed by atoms with Gasteiger partial charge in [-0.2, -0.15) is 0 Å². The van der Waals surface area contributed by atoms with Gasteiger partial charge in [0.15, 0.2) is 0 Å². The molecule has 2 aromatic rings. The Kier molecular flexibility index (Phi) is 3.90. The zero-order chi connectivity index (χ0) is 15.6. The van der Waals surface area contributed by atoms with Crippen molar-refractivity contribution < 1.29 is 22.3 Å². The molecule has 0 aromatic heterocycles. The van der Waals surface area contributed by atoms with Crippen LogP contribution in [0.3, 0.4) is 0 Å². The first-order valence-electron chi connectivity index (χ1n) is 5.93. The Bertz CT molecular complexity index is 711. The molecular weight excluding hydrogens is 284 g/mol. The Morgan fingerprint density at radius 1 is 1.14 bits per heavy atom. The molecule has 1 nitrogen and oxygen atoms in total. The Hall–Kier alpha value is -2.48. The molecule has 0 fully saturated rings. The SMILES string of the molecule is C#Cc1cc(OC(F)(F)F)cc(-c2cccc(C)c2F)c1. The Labute approximate surface area is 119 Å². The van der Waals surface area contributed by atoms with E-state index in [1.165, 1.54) is 12.1 Å². The van der Waals surface area contributed by atoms with Crippen LogP contribution in [-0.2, 0) is 0 Å². The molecule has 0 N–H and O–H groups in total. The van der Waals surface area contributed by atoms with Crippen molar-refractivity contribution >= 4 is 0 Å². The van der Waals surface area contributed by atoms with Gasteiger partial charge in [0.05, 0.1) is 0 Å². The molecule has 0 spiro atoms. The molecule has 2 aromatic carbocycles. The van der Waals surface area contributed by atoms with Crippen molar-refractivity contribution in [2.75, 3.05) is 0 Å². The molecule has 0 aliphatic heterocycles. The van der Waals surface area contributed by atoms with Crippen molar-refractivity contribution in [2.45, 2.75) is 13.3 Å². The number of alkyl halides is 3. The van der Waals surface area contributed by atoms with Crippen LogP contribution in [0.4, 0.5) is 17.6 Å². The minimum absolute atomic E-state index is 0.166. The Balaban J connectivity index is 2.56. The highest BCUT2D eigenvalue weighted by molar-refractivity contribution is 5.68. The second kappa shape index (κ2) is 5.49. The Morgan fingerprint density at radius 3 is 2.48 bits per heavy atom. The van der Waals surface area contributed by atoms with E-state index in [1.54, 1.807) is 19.1 Å². The first kappa shape index (κ1) is 14.9. The zero-order valence-electron chi connectivity index (χ0n) is 11.0. The van der Waals surface area contributed by atoms with Gasteiger partial charge in [-0.15, -0.1) is 19.6 Å². The molecule has 0 amide bonds. The quantitative estimate of drug-likeness (QED) is 0.577. The van der Waals surface area contributed by atoms with E-state index in [2.05, 4.69) is 10.7 Å². The van der Waals surface area contributed by atoms with Gasteiger partial charge in [0.2, 0.25) is 0 Å². The lowest BCUT2D eigenvalue weighted by atomic mass is 10.0. The van der Waals surface area contributed by atoms with Gasteiger partial charge in [0, 0.05) is 11.1 Å². The van der Waals surface area contributed by atoms with Crippen LogP contribution in [0.15, 0.2) is 36.4 Å². The van der Waals surface area contributed by atoms with Crippen molar-refractivity contribution in [1.82, 2.24) is 0 Å². The van der Waals surface area contributed by atoms with Crippen LogP contribution in [0.2, 0.25) is 0 Å². The van der Waals surface area contributed by atoms with Crippen LogP contribution in [-0.4, -0.2) is 6.36 Å². The highest BCUT2D eigenvalue weighted by Crippen LogP contribution is 2.31. The predicted octanol–water partition coefficient (Wildman–Crippen LogP) is 4.68. The van der Waals surface area contributed by atoms with Crippen LogP contribution in [0.5, 0.6) is 5.75 Å². The van der Waals surface area contributed by atoms with Crippen molar-refractivity contribution in [1.29, 1.82) is 0 Å². The van der Waals surface area contributed by atoms with Crippen LogP contribution in [0.1, 0.15) is 11.1 Å². The smallest absolute Gasteiger partial charge is 0.406 e. The van der Waals surface area contributed by atoms with Gasteiger partial charge in [-0.25, -0.2) is 4.39 Å². The summed E-state index contributed by atoms with van der Waals surface area (Å²) in [4.78, 5) is 0. The molecule has 0 aliphatic rings. The van der Waals surface area contributed by atoms with Gasteiger partial charge in [-0.1, -0.05) is 24.1 Å². The van der Waals surface area contributed by atoms with Crippen LogP contribution >= 0.6 is 0 Å². The van der Waals surface area contributed by atoms with E-state index in [1.807, 2.05) is 0 Å². The fourth-order valence-corrected chi connectivity index (χ4v) is 1.90. The van der Waals surface area contributed by atoms with E-state index in [4.69, 9.17) is 6.42 Å². The standard InChI is InChI=1S/C16H10F4O/c1-3-11-7-12(9-13(8-11)21-16(18,19)20)14-6-4-5-10(2)15(14)17/h1,4-9H,2H3. The predicted molar refractivity (Wildman–Crippen MR) is 71.2 cm³/mol. The normalized spacial score (nSPS) is 11.0.